The first-order valence-electron chi connectivity index (χ1n) is 9.17. The molecule has 0 saturated carbocycles. The maximum atomic E-state index is 13.3. The smallest absolute Gasteiger partial charge is 0.312 e. The van der Waals surface area contributed by atoms with Gasteiger partial charge in [-0.1, -0.05) is 12.1 Å². The van der Waals surface area contributed by atoms with E-state index in [1.165, 1.54) is 19.1 Å². The lowest BCUT2D eigenvalue weighted by Crippen LogP contribution is -2.37. The van der Waals surface area contributed by atoms with Gasteiger partial charge in [0.05, 0.1) is 25.9 Å². The molecule has 28 heavy (non-hydrogen) atoms. The average molecular weight is 441 g/mol. The number of nitrogens with one attached hydrogen (secondary N) is 1. The second-order valence-electron chi connectivity index (χ2n) is 5.90. The van der Waals surface area contributed by atoms with Crippen LogP contribution < -0.4 is 5.32 Å². The lowest BCUT2D eigenvalue weighted by atomic mass is 10.2. The summed E-state index contributed by atoms with van der Waals surface area (Å²) in [5, 5.41) is 3.10. The van der Waals surface area contributed by atoms with Gasteiger partial charge in [-0.05, 0) is 45.4 Å². The van der Waals surface area contributed by atoms with Crippen molar-refractivity contribution in [2.75, 3.05) is 26.4 Å². The number of halogens is 1. The molecule has 0 fully saturated rings. The number of rotatable bonds is 14. The van der Waals surface area contributed by atoms with Gasteiger partial charge < -0.3 is 19.3 Å². The highest BCUT2D eigenvalue weighted by Crippen LogP contribution is 2.56. The van der Waals surface area contributed by atoms with Gasteiger partial charge >= 0.3 is 15.4 Å². The summed E-state index contributed by atoms with van der Waals surface area (Å²) in [6, 6.07) is 5.93. The van der Waals surface area contributed by atoms with E-state index < -0.39 is 27.2 Å². The van der Waals surface area contributed by atoms with Crippen LogP contribution in [-0.4, -0.2) is 43.0 Å². The van der Waals surface area contributed by atoms with Gasteiger partial charge in [0.15, 0.2) is 0 Å². The van der Waals surface area contributed by atoms with Crippen molar-refractivity contribution in [3.05, 3.63) is 35.6 Å². The molecule has 2 N–H and O–H groups in total. The number of phosphoric ester groups is 1. The second kappa shape index (κ2) is 12.2. The molecular formula is C17H30FNO7P2. The highest BCUT2D eigenvalue weighted by Gasteiger charge is 2.42. The van der Waals surface area contributed by atoms with Crippen LogP contribution in [0, 0.1) is 5.82 Å². The van der Waals surface area contributed by atoms with Gasteiger partial charge in [0.25, 0.3) is 0 Å². The Kier molecular flexibility index (Phi) is 11.0. The van der Waals surface area contributed by atoms with Gasteiger partial charge in [0, 0.05) is 13.1 Å². The molecule has 0 aromatic heterocycles. The molecule has 0 radical (unpaired) electrons. The zero-order valence-corrected chi connectivity index (χ0v) is 18.5. The molecule has 3 atom stereocenters. The zero-order valence-electron chi connectivity index (χ0n) is 16.7. The van der Waals surface area contributed by atoms with Crippen molar-refractivity contribution >= 4 is 15.4 Å². The highest BCUT2D eigenvalue weighted by atomic mass is 31.2. The van der Waals surface area contributed by atoms with Crippen LogP contribution in [0.4, 0.5) is 4.39 Å². The van der Waals surface area contributed by atoms with Gasteiger partial charge in [-0.3, -0.25) is 13.6 Å². The molecule has 3 unspecified atom stereocenters. The Hall–Kier alpha value is -0.630. The topological polar surface area (TPSA) is 103 Å². The first-order chi connectivity index (χ1) is 13.2. The van der Waals surface area contributed by atoms with Gasteiger partial charge in [-0.25, -0.2) is 8.96 Å². The van der Waals surface area contributed by atoms with Crippen LogP contribution >= 0.6 is 15.4 Å². The average Bonchev–Trinajstić information content (AvgIpc) is 2.60. The number of benzene rings is 1. The first-order valence-corrected chi connectivity index (χ1v) is 12.3. The minimum atomic E-state index is -4.31. The third kappa shape index (κ3) is 8.39. The molecule has 0 saturated heterocycles. The van der Waals surface area contributed by atoms with Crippen LogP contribution in [0.15, 0.2) is 24.3 Å². The molecule has 1 aromatic carbocycles. The quantitative estimate of drug-likeness (QED) is 0.416. The Morgan fingerprint density at radius 1 is 1.04 bits per heavy atom. The van der Waals surface area contributed by atoms with E-state index in [9.17, 15) is 18.4 Å². The third-order valence-corrected chi connectivity index (χ3v) is 7.59. The largest absolute Gasteiger partial charge is 0.472 e. The van der Waals surface area contributed by atoms with Crippen LogP contribution in [0.25, 0.3) is 0 Å². The fourth-order valence-electron chi connectivity index (χ4n) is 2.56. The monoisotopic (exact) mass is 441 g/mol. The number of hydrogen-bond donors (Lipinski definition) is 2. The molecule has 0 amide bonds. The van der Waals surface area contributed by atoms with E-state index in [1.54, 1.807) is 32.9 Å². The van der Waals surface area contributed by atoms with Gasteiger partial charge in [-0.15, -0.1) is 0 Å². The summed E-state index contributed by atoms with van der Waals surface area (Å²) in [7, 11) is -7.96. The van der Waals surface area contributed by atoms with Crippen molar-refractivity contribution in [3.8, 4) is 0 Å². The first kappa shape index (κ1) is 25.4. The molecule has 1 aromatic rings. The summed E-state index contributed by atoms with van der Waals surface area (Å²) >= 11 is 0. The fraction of sp³-hybridized carbons (Fsp3) is 0.647. The van der Waals surface area contributed by atoms with Crippen molar-refractivity contribution in [2.24, 2.45) is 0 Å². The Morgan fingerprint density at radius 2 is 1.57 bits per heavy atom. The minimum absolute atomic E-state index is 0.0113. The van der Waals surface area contributed by atoms with Crippen molar-refractivity contribution in [2.45, 2.75) is 46.0 Å². The van der Waals surface area contributed by atoms with E-state index in [4.69, 9.17) is 18.1 Å². The summed E-state index contributed by atoms with van der Waals surface area (Å²) in [6.45, 7) is 7.17. The van der Waals surface area contributed by atoms with E-state index in [-0.39, 0.29) is 32.2 Å². The minimum Gasteiger partial charge on any atom is -0.312 e. The Morgan fingerprint density at radius 3 is 2.07 bits per heavy atom. The third-order valence-electron chi connectivity index (χ3n) is 3.75. The molecule has 0 aliphatic heterocycles. The predicted molar refractivity (Wildman–Crippen MR) is 105 cm³/mol. The normalized spacial score (nSPS) is 16.5. The summed E-state index contributed by atoms with van der Waals surface area (Å²) in [4.78, 5) is 9.77. The SMILES string of the molecule is CCOP(=O)(O)OC(C)C(CNCc1ccc(F)cc1)P(=O)(OCC)OCC. The van der Waals surface area contributed by atoms with Crippen LogP contribution in [-0.2, 0) is 33.8 Å². The molecule has 0 aliphatic carbocycles. The van der Waals surface area contributed by atoms with Crippen LogP contribution in [0.5, 0.6) is 0 Å². The zero-order chi connectivity index (χ0) is 21.2. The van der Waals surface area contributed by atoms with E-state index in [0.717, 1.165) is 5.56 Å². The molecule has 0 aliphatic rings. The summed E-state index contributed by atoms with van der Waals surface area (Å²) < 4.78 is 59.0. The maximum Gasteiger partial charge on any atom is 0.472 e. The number of phosphoric acid groups is 1. The lowest BCUT2D eigenvalue weighted by molar-refractivity contribution is 0.103. The van der Waals surface area contributed by atoms with E-state index in [1.807, 2.05) is 0 Å². The van der Waals surface area contributed by atoms with Gasteiger partial charge in [0.1, 0.15) is 11.5 Å². The molecule has 0 heterocycles. The summed E-state index contributed by atoms with van der Waals surface area (Å²) in [5.41, 5.74) is -0.0488. The van der Waals surface area contributed by atoms with Crippen molar-refractivity contribution < 1.29 is 36.5 Å². The molecule has 0 bridgehead atoms. The summed E-state index contributed by atoms with van der Waals surface area (Å²) in [6.07, 6.45) is -0.966. The van der Waals surface area contributed by atoms with Crippen molar-refractivity contribution in [3.63, 3.8) is 0 Å². The Labute approximate surface area is 165 Å². The van der Waals surface area contributed by atoms with Crippen LogP contribution in [0.3, 0.4) is 0 Å². The summed E-state index contributed by atoms with van der Waals surface area (Å²) in [5.74, 6) is -0.338. The Bertz CT molecular complexity index is 664. The molecule has 162 valence electrons. The van der Waals surface area contributed by atoms with Crippen molar-refractivity contribution in [1.29, 1.82) is 0 Å². The van der Waals surface area contributed by atoms with E-state index in [0.29, 0.717) is 6.54 Å². The molecule has 8 nitrogen and oxygen atoms in total. The van der Waals surface area contributed by atoms with Crippen LogP contribution in [0.1, 0.15) is 33.3 Å². The van der Waals surface area contributed by atoms with Gasteiger partial charge in [-0.2, -0.15) is 0 Å². The van der Waals surface area contributed by atoms with Gasteiger partial charge in [0.2, 0.25) is 0 Å². The molecule has 0 spiro atoms. The number of hydrogen-bond acceptors (Lipinski definition) is 7. The van der Waals surface area contributed by atoms with Crippen LogP contribution in [0.2, 0.25) is 0 Å². The van der Waals surface area contributed by atoms with E-state index >= 15 is 0 Å². The standard InChI is InChI=1S/C17H30FNO7P2/c1-5-23-27(20,24-6-2)17(14(4)26-28(21,22)25-7-3)13-19-12-15-8-10-16(18)11-9-15/h8-11,14,17,19H,5-7,12-13H2,1-4H3,(H,21,22). The maximum absolute atomic E-state index is 13.3. The second-order valence-corrected chi connectivity index (χ2v) is 9.56. The van der Waals surface area contributed by atoms with E-state index in [2.05, 4.69) is 5.32 Å². The van der Waals surface area contributed by atoms with Crippen molar-refractivity contribution in [1.82, 2.24) is 5.32 Å². The highest BCUT2D eigenvalue weighted by molar-refractivity contribution is 7.54. The predicted octanol–water partition coefficient (Wildman–Crippen LogP) is 4.09. The molecule has 1 rings (SSSR count). The molecular weight excluding hydrogens is 411 g/mol. The Balaban J connectivity index is 2.93. The lowest BCUT2D eigenvalue weighted by Gasteiger charge is -2.31. The fourth-order valence-corrected chi connectivity index (χ4v) is 5.72. The molecule has 11 heteroatoms.